The number of aromatic nitrogens is 1. The average Bonchev–Trinajstić information content (AvgIpc) is 3.71. The van der Waals surface area contributed by atoms with E-state index in [0.717, 1.165) is 24.1 Å². The van der Waals surface area contributed by atoms with Gasteiger partial charge < -0.3 is 39.2 Å². The number of pyridine rings is 1. The number of hydrogen-bond acceptors (Lipinski definition) is 8. The monoisotopic (exact) mass is 508 g/mol. The van der Waals surface area contributed by atoms with E-state index in [9.17, 15) is 19.5 Å². The molecule has 0 radical (unpaired) electrons. The minimum atomic E-state index is -1.09. The number of carboxylic acid groups (broad SMARTS) is 1. The van der Waals surface area contributed by atoms with Gasteiger partial charge >= 0.3 is 12.2 Å². The molecule has 1 aromatic rings. The van der Waals surface area contributed by atoms with Gasteiger partial charge in [-0.05, 0) is 44.2 Å². The number of hydrogen-bond donors (Lipinski definition) is 2. The second-order valence-electron chi connectivity index (χ2n) is 9.00. The molecular formula is C24H36N4O8. The number of amides is 3. The van der Waals surface area contributed by atoms with E-state index in [1.807, 2.05) is 19.1 Å². The Morgan fingerprint density at radius 2 is 2.00 bits per heavy atom. The molecule has 2 aliphatic rings. The molecule has 0 unspecified atom stereocenters. The summed E-state index contributed by atoms with van der Waals surface area (Å²) >= 11 is 0. The summed E-state index contributed by atoms with van der Waals surface area (Å²) < 4.78 is 21.1. The van der Waals surface area contributed by atoms with Gasteiger partial charge in [0.15, 0.2) is 6.10 Å². The van der Waals surface area contributed by atoms with Crippen LogP contribution in [-0.4, -0.2) is 104 Å². The van der Waals surface area contributed by atoms with Gasteiger partial charge in [-0.3, -0.25) is 4.79 Å². The Hall–Kier alpha value is -3.12. The molecule has 12 nitrogen and oxygen atoms in total. The van der Waals surface area contributed by atoms with Crippen molar-refractivity contribution in [3.05, 3.63) is 23.4 Å². The summed E-state index contributed by atoms with van der Waals surface area (Å²) in [5, 5.41) is 12.2. The zero-order valence-corrected chi connectivity index (χ0v) is 21.3. The largest absolute Gasteiger partial charge is 0.481 e. The smallest absolute Gasteiger partial charge is 0.407 e. The summed E-state index contributed by atoms with van der Waals surface area (Å²) in [5.74, 6) is 0.196. The van der Waals surface area contributed by atoms with Crippen LogP contribution in [0.15, 0.2) is 12.1 Å². The molecule has 2 fully saturated rings. The maximum absolute atomic E-state index is 13.7. The number of morpholine rings is 1. The van der Waals surface area contributed by atoms with Gasteiger partial charge in [0.1, 0.15) is 0 Å². The van der Waals surface area contributed by atoms with E-state index in [1.165, 1.54) is 26.2 Å². The van der Waals surface area contributed by atoms with Crippen LogP contribution in [0.1, 0.15) is 43.5 Å². The van der Waals surface area contributed by atoms with Crippen molar-refractivity contribution >= 4 is 18.1 Å². The van der Waals surface area contributed by atoms with Gasteiger partial charge in [0.2, 0.25) is 5.88 Å². The molecule has 1 saturated heterocycles. The third-order valence-corrected chi connectivity index (χ3v) is 6.31. The van der Waals surface area contributed by atoms with Gasteiger partial charge in [-0.2, -0.15) is 0 Å². The average molecular weight is 509 g/mol. The molecule has 200 valence electrons. The third kappa shape index (κ3) is 7.20. The molecule has 1 aliphatic carbocycles. The molecule has 3 atom stereocenters. The first kappa shape index (κ1) is 27.5. The van der Waals surface area contributed by atoms with E-state index in [4.69, 9.17) is 14.2 Å². The lowest BCUT2D eigenvalue weighted by atomic mass is 10.0. The number of methoxy groups -OCH3 is 3. The van der Waals surface area contributed by atoms with Gasteiger partial charge in [0.25, 0.3) is 5.91 Å². The molecule has 0 bridgehead atoms. The highest BCUT2D eigenvalue weighted by Gasteiger charge is 2.43. The second kappa shape index (κ2) is 12.7. The van der Waals surface area contributed by atoms with Crippen LogP contribution in [0.3, 0.4) is 0 Å². The van der Waals surface area contributed by atoms with Crippen LogP contribution in [-0.2, 0) is 25.4 Å². The first-order chi connectivity index (χ1) is 17.3. The molecule has 1 aliphatic heterocycles. The predicted octanol–water partition coefficient (Wildman–Crippen LogP) is 1.82. The van der Waals surface area contributed by atoms with E-state index < -0.39 is 24.4 Å². The highest BCUT2D eigenvalue weighted by molar-refractivity contribution is 5.83. The molecule has 12 heteroatoms. The van der Waals surface area contributed by atoms with Crippen molar-refractivity contribution in [2.45, 2.75) is 56.9 Å². The zero-order chi connectivity index (χ0) is 26.2. The fourth-order valence-corrected chi connectivity index (χ4v) is 4.36. The molecule has 2 N–H and O–H groups in total. The minimum Gasteiger partial charge on any atom is -0.481 e. The number of rotatable bonds is 11. The zero-order valence-electron chi connectivity index (χ0n) is 21.3. The number of aryl methyl sites for hydroxylation is 1. The first-order valence-electron chi connectivity index (χ1n) is 12.1. The quantitative estimate of drug-likeness (QED) is 0.428. The van der Waals surface area contributed by atoms with Gasteiger partial charge in [-0.15, -0.1) is 0 Å². The Morgan fingerprint density at radius 3 is 2.61 bits per heavy atom. The number of nitrogens with zero attached hydrogens (tertiary/aromatic N) is 3. The van der Waals surface area contributed by atoms with E-state index in [2.05, 4.69) is 15.0 Å². The molecule has 0 aromatic carbocycles. The van der Waals surface area contributed by atoms with Crippen molar-refractivity contribution in [1.82, 2.24) is 20.1 Å². The lowest BCUT2D eigenvalue weighted by Crippen LogP contribution is -2.56. The van der Waals surface area contributed by atoms with E-state index in [0.29, 0.717) is 25.3 Å². The normalized spacial score (nSPS) is 20.4. The highest BCUT2D eigenvalue weighted by Crippen LogP contribution is 2.36. The van der Waals surface area contributed by atoms with Crippen LogP contribution >= 0.6 is 0 Å². The molecule has 2 heterocycles. The number of ether oxygens (including phenoxy) is 4. The Bertz CT molecular complexity index is 925. The number of carbonyl (C=O) groups is 3. The summed E-state index contributed by atoms with van der Waals surface area (Å²) in [6.45, 7) is 2.70. The molecule has 0 spiro atoms. The summed E-state index contributed by atoms with van der Waals surface area (Å²) in [6, 6.07) is 3.50. The van der Waals surface area contributed by atoms with Gasteiger partial charge in [0, 0.05) is 31.5 Å². The predicted molar refractivity (Wildman–Crippen MR) is 128 cm³/mol. The van der Waals surface area contributed by atoms with Gasteiger partial charge in [0.05, 0.1) is 46.1 Å². The molecule has 3 rings (SSSR count). The fourth-order valence-electron chi connectivity index (χ4n) is 4.36. The maximum Gasteiger partial charge on any atom is 0.407 e. The number of alkyl carbamates (subject to hydrolysis) is 1. The van der Waals surface area contributed by atoms with Crippen LogP contribution in [0.25, 0.3) is 0 Å². The van der Waals surface area contributed by atoms with Crippen molar-refractivity contribution in [2.24, 2.45) is 0 Å². The Balaban J connectivity index is 1.77. The van der Waals surface area contributed by atoms with Crippen molar-refractivity contribution in [1.29, 1.82) is 0 Å². The number of carbonyl (C=O) groups excluding carboxylic acids is 2. The second-order valence-corrected chi connectivity index (χ2v) is 9.00. The summed E-state index contributed by atoms with van der Waals surface area (Å²) in [5.41, 5.74) is 1.63. The molecule has 1 saturated carbocycles. The third-order valence-electron chi connectivity index (χ3n) is 6.31. The first-order valence-corrected chi connectivity index (χ1v) is 12.1. The Kier molecular flexibility index (Phi) is 9.71. The molecular weight excluding hydrogens is 472 g/mol. The van der Waals surface area contributed by atoms with E-state index in [1.54, 1.807) is 4.90 Å². The summed E-state index contributed by atoms with van der Waals surface area (Å²) in [6.07, 6.45) is -0.00867. The van der Waals surface area contributed by atoms with Crippen molar-refractivity contribution < 1.29 is 38.4 Å². The van der Waals surface area contributed by atoms with Crippen LogP contribution in [0.4, 0.5) is 9.59 Å². The molecule has 1 aromatic heterocycles. The molecule has 36 heavy (non-hydrogen) atoms. The highest BCUT2D eigenvalue weighted by atomic mass is 16.5. The van der Waals surface area contributed by atoms with Crippen LogP contribution < -0.4 is 10.1 Å². The van der Waals surface area contributed by atoms with Crippen LogP contribution in [0.2, 0.25) is 0 Å². The lowest BCUT2D eigenvalue weighted by Gasteiger charge is -2.39. The van der Waals surface area contributed by atoms with E-state index in [-0.39, 0.29) is 37.7 Å². The van der Waals surface area contributed by atoms with Crippen molar-refractivity contribution in [3.8, 4) is 5.88 Å². The minimum absolute atomic E-state index is 0.0254. The van der Waals surface area contributed by atoms with E-state index >= 15 is 0 Å². The number of nitrogens with one attached hydrogen (secondary N) is 1. The molecule has 3 amide bonds. The summed E-state index contributed by atoms with van der Waals surface area (Å²) in [7, 11) is 4.36. The SMILES string of the molecule is COC[C@@H]1CN(C(=O)O)C[C@H](C(=O)N(C2CC2)[C@H](C)c2cc(CCCNC(=O)OC)nc(OC)c2)O1. The standard InChI is InChI=1S/C24H36N4O8/c1-15(16-10-17(26-21(11-16)34-3)6-5-9-25-23(30)35-4)28(18-7-8-18)22(29)20-13-27(24(31)32)12-19(36-20)14-33-2/h10-11,15,18-20H,5-9,12-14H2,1-4H3,(H,25,30)(H,31,32)/t15-,19+,20-/m1/s1. The van der Waals surface area contributed by atoms with Crippen molar-refractivity contribution in [2.75, 3.05) is 47.6 Å². The Morgan fingerprint density at radius 1 is 1.25 bits per heavy atom. The van der Waals surface area contributed by atoms with Crippen LogP contribution in [0, 0.1) is 0 Å². The van der Waals surface area contributed by atoms with Crippen molar-refractivity contribution in [3.63, 3.8) is 0 Å². The maximum atomic E-state index is 13.7. The topological polar surface area (TPSA) is 140 Å². The summed E-state index contributed by atoms with van der Waals surface area (Å²) in [4.78, 5) is 44.1. The Labute approximate surface area is 210 Å². The van der Waals surface area contributed by atoms with Gasteiger partial charge in [-0.1, -0.05) is 0 Å². The van der Waals surface area contributed by atoms with Gasteiger partial charge in [-0.25, -0.2) is 14.6 Å². The fraction of sp³-hybridized carbons (Fsp3) is 0.667. The lowest BCUT2D eigenvalue weighted by molar-refractivity contribution is -0.162. The van der Waals surface area contributed by atoms with Crippen LogP contribution in [0.5, 0.6) is 5.88 Å².